The number of carbonyl (C=O) groups is 1. The van der Waals surface area contributed by atoms with E-state index in [1.807, 2.05) is 38.1 Å². The number of carbonyl (C=O) groups excluding carboxylic acids is 1. The van der Waals surface area contributed by atoms with Gasteiger partial charge in [-0.1, -0.05) is 22.0 Å². The smallest absolute Gasteiger partial charge is 0.254 e. The van der Waals surface area contributed by atoms with Gasteiger partial charge < -0.3 is 10.6 Å². The molecule has 1 amide bonds. The Balaban J connectivity index is 2.29. The normalized spacial score (nSPS) is 10.4. The molecule has 0 fully saturated rings. The minimum absolute atomic E-state index is 0.0337. The quantitative estimate of drug-likeness (QED) is 0.862. The molecular formula is C16H18BrN3O. The van der Waals surface area contributed by atoms with Crippen molar-refractivity contribution in [3.63, 3.8) is 0 Å². The Bertz CT molecular complexity index is 643. The molecule has 21 heavy (non-hydrogen) atoms. The SMILES string of the molecule is CCN(Cc1ccccn1)C(=O)c1cc(Br)cc(N)c1C. The number of benzene rings is 1. The molecule has 1 aromatic heterocycles. The van der Waals surface area contributed by atoms with E-state index in [4.69, 9.17) is 5.73 Å². The first-order valence-corrected chi connectivity index (χ1v) is 7.57. The van der Waals surface area contributed by atoms with Gasteiger partial charge in [0.05, 0.1) is 12.2 Å². The minimum Gasteiger partial charge on any atom is -0.398 e. The minimum atomic E-state index is -0.0337. The largest absolute Gasteiger partial charge is 0.398 e. The molecule has 2 rings (SSSR count). The zero-order valence-corrected chi connectivity index (χ0v) is 13.7. The summed E-state index contributed by atoms with van der Waals surface area (Å²) >= 11 is 3.39. The zero-order chi connectivity index (χ0) is 15.4. The van der Waals surface area contributed by atoms with Gasteiger partial charge in [-0.3, -0.25) is 9.78 Å². The zero-order valence-electron chi connectivity index (χ0n) is 12.1. The number of halogens is 1. The summed E-state index contributed by atoms with van der Waals surface area (Å²) in [6, 6.07) is 9.32. The predicted molar refractivity (Wildman–Crippen MR) is 87.9 cm³/mol. The summed E-state index contributed by atoms with van der Waals surface area (Å²) in [4.78, 5) is 18.8. The topological polar surface area (TPSA) is 59.2 Å². The number of aromatic nitrogens is 1. The molecule has 0 saturated carbocycles. The van der Waals surface area contributed by atoms with Crippen molar-refractivity contribution in [2.24, 2.45) is 0 Å². The van der Waals surface area contributed by atoms with Crippen molar-refractivity contribution >= 4 is 27.5 Å². The summed E-state index contributed by atoms with van der Waals surface area (Å²) in [5.41, 5.74) is 8.85. The van der Waals surface area contributed by atoms with Gasteiger partial charge >= 0.3 is 0 Å². The summed E-state index contributed by atoms with van der Waals surface area (Å²) in [6.07, 6.45) is 1.73. The van der Waals surface area contributed by atoms with Crippen LogP contribution in [0.15, 0.2) is 41.0 Å². The molecule has 5 heteroatoms. The second-order valence-corrected chi connectivity index (χ2v) is 5.72. The first-order valence-electron chi connectivity index (χ1n) is 6.77. The summed E-state index contributed by atoms with van der Waals surface area (Å²) < 4.78 is 0.808. The van der Waals surface area contributed by atoms with Gasteiger partial charge in [-0.15, -0.1) is 0 Å². The highest BCUT2D eigenvalue weighted by Gasteiger charge is 2.18. The van der Waals surface area contributed by atoms with Crippen LogP contribution >= 0.6 is 15.9 Å². The monoisotopic (exact) mass is 347 g/mol. The van der Waals surface area contributed by atoms with E-state index in [0.717, 1.165) is 15.7 Å². The van der Waals surface area contributed by atoms with E-state index < -0.39 is 0 Å². The van der Waals surface area contributed by atoms with E-state index in [1.165, 1.54) is 0 Å². The molecule has 0 spiro atoms. The van der Waals surface area contributed by atoms with Crippen LogP contribution < -0.4 is 5.73 Å². The lowest BCUT2D eigenvalue weighted by molar-refractivity contribution is 0.0750. The lowest BCUT2D eigenvalue weighted by atomic mass is 10.1. The standard InChI is InChI=1S/C16H18BrN3O/c1-3-20(10-13-6-4-5-7-19-13)16(21)14-8-12(17)9-15(18)11(14)2/h4-9H,3,10,18H2,1-2H3. The van der Waals surface area contributed by atoms with Crippen LogP contribution in [0.5, 0.6) is 0 Å². The van der Waals surface area contributed by atoms with E-state index in [9.17, 15) is 4.79 Å². The summed E-state index contributed by atoms with van der Waals surface area (Å²) in [5, 5.41) is 0. The second kappa shape index (κ2) is 6.72. The maximum atomic E-state index is 12.7. The third kappa shape index (κ3) is 3.61. The molecule has 0 aliphatic rings. The van der Waals surface area contributed by atoms with Gasteiger partial charge in [-0.05, 0) is 43.7 Å². The summed E-state index contributed by atoms with van der Waals surface area (Å²) in [7, 11) is 0. The molecule has 0 aliphatic carbocycles. The van der Waals surface area contributed by atoms with Crippen molar-refractivity contribution < 1.29 is 4.79 Å². The van der Waals surface area contributed by atoms with Gasteiger partial charge in [-0.2, -0.15) is 0 Å². The molecule has 0 unspecified atom stereocenters. The maximum absolute atomic E-state index is 12.7. The van der Waals surface area contributed by atoms with Gasteiger partial charge in [0.25, 0.3) is 5.91 Å². The number of anilines is 1. The molecule has 0 aliphatic heterocycles. The first kappa shape index (κ1) is 15.5. The molecule has 0 atom stereocenters. The van der Waals surface area contributed by atoms with Crippen LogP contribution in [0.4, 0.5) is 5.69 Å². The first-order chi connectivity index (χ1) is 10.0. The molecule has 0 radical (unpaired) electrons. The van der Waals surface area contributed by atoms with E-state index in [1.54, 1.807) is 17.2 Å². The van der Waals surface area contributed by atoms with Crippen molar-refractivity contribution in [3.05, 3.63) is 57.8 Å². The molecule has 2 N–H and O–H groups in total. The Hall–Kier alpha value is -1.88. The second-order valence-electron chi connectivity index (χ2n) is 4.81. The molecule has 0 bridgehead atoms. The van der Waals surface area contributed by atoms with Gasteiger partial charge in [-0.25, -0.2) is 0 Å². The van der Waals surface area contributed by atoms with Crippen molar-refractivity contribution in [3.8, 4) is 0 Å². The van der Waals surface area contributed by atoms with Crippen LogP contribution in [0.25, 0.3) is 0 Å². The highest BCUT2D eigenvalue weighted by atomic mass is 79.9. The Morgan fingerprint density at radius 1 is 1.38 bits per heavy atom. The Kier molecular flexibility index (Phi) is 4.96. The van der Waals surface area contributed by atoms with Crippen molar-refractivity contribution in [1.29, 1.82) is 0 Å². The van der Waals surface area contributed by atoms with Crippen molar-refractivity contribution in [1.82, 2.24) is 9.88 Å². The average molecular weight is 348 g/mol. The molecule has 4 nitrogen and oxygen atoms in total. The fraction of sp³-hybridized carbons (Fsp3) is 0.250. The Morgan fingerprint density at radius 3 is 2.76 bits per heavy atom. The number of nitrogens with zero attached hydrogens (tertiary/aromatic N) is 2. The van der Waals surface area contributed by atoms with E-state index >= 15 is 0 Å². The highest BCUT2D eigenvalue weighted by Crippen LogP contribution is 2.24. The molecule has 2 aromatic rings. The van der Waals surface area contributed by atoms with E-state index in [0.29, 0.717) is 24.3 Å². The van der Waals surface area contributed by atoms with Gasteiger partial charge in [0.15, 0.2) is 0 Å². The summed E-state index contributed by atoms with van der Waals surface area (Å²) in [6.45, 7) is 4.92. The third-order valence-corrected chi connectivity index (χ3v) is 3.85. The molecular weight excluding hydrogens is 330 g/mol. The number of rotatable bonds is 4. The van der Waals surface area contributed by atoms with Crippen LogP contribution in [-0.4, -0.2) is 22.3 Å². The molecule has 0 saturated heterocycles. The number of nitrogen functional groups attached to an aromatic ring is 1. The average Bonchev–Trinajstić information content (AvgIpc) is 2.49. The molecule has 1 heterocycles. The van der Waals surface area contributed by atoms with Crippen molar-refractivity contribution in [2.45, 2.75) is 20.4 Å². The van der Waals surface area contributed by atoms with Crippen LogP contribution in [-0.2, 0) is 6.54 Å². The fourth-order valence-corrected chi connectivity index (χ4v) is 2.58. The van der Waals surface area contributed by atoms with E-state index in [-0.39, 0.29) is 5.91 Å². The Morgan fingerprint density at radius 2 is 2.14 bits per heavy atom. The summed E-state index contributed by atoms with van der Waals surface area (Å²) in [5.74, 6) is -0.0337. The number of amides is 1. The third-order valence-electron chi connectivity index (χ3n) is 3.39. The van der Waals surface area contributed by atoms with Crippen LogP contribution in [0.1, 0.15) is 28.5 Å². The molecule has 110 valence electrons. The number of pyridine rings is 1. The highest BCUT2D eigenvalue weighted by molar-refractivity contribution is 9.10. The lowest BCUT2D eigenvalue weighted by Gasteiger charge is -2.22. The number of hydrogen-bond acceptors (Lipinski definition) is 3. The lowest BCUT2D eigenvalue weighted by Crippen LogP contribution is -2.31. The van der Waals surface area contributed by atoms with Gasteiger partial charge in [0.2, 0.25) is 0 Å². The van der Waals surface area contributed by atoms with Gasteiger partial charge in [0.1, 0.15) is 0 Å². The number of nitrogens with two attached hydrogens (primary N) is 1. The van der Waals surface area contributed by atoms with Crippen molar-refractivity contribution in [2.75, 3.05) is 12.3 Å². The predicted octanol–water partition coefficient (Wildman–Crippen LogP) is 3.40. The fourth-order valence-electron chi connectivity index (χ4n) is 2.11. The van der Waals surface area contributed by atoms with E-state index in [2.05, 4.69) is 20.9 Å². The maximum Gasteiger partial charge on any atom is 0.254 e. The van der Waals surface area contributed by atoms with Crippen LogP contribution in [0.2, 0.25) is 0 Å². The molecule has 1 aromatic carbocycles. The van der Waals surface area contributed by atoms with Crippen LogP contribution in [0, 0.1) is 6.92 Å². The van der Waals surface area contributed by atoms with Gasteiger partial charge in [0, 0.05) is 28.5 Å². The Labute approximate surface area is 133 Å². The van der Waals surface area contributed by atoms with Crippen LogP contribution in [0.3, 0.4) is 0 Å². The number of hydrogen-bond donors (Lipinski definition) is 1.